The zero-order valence-corrected chi connectivity index (χ0v) is 13.8. The van der Waals surface area contributed by atoms with Crippen molar-refractivity contribution >= 4 is 22.7 Å². The molecule has 2 rings (SSSR count). The average molecular weight is 294 g/mol. The molecule has 19 heavy (non-hydrogen) atoms. The molecular weight excluding hydrogens is 272 g/mol. The summed E-state index contributed by atoms with van der Waals surface area (Å²) < 4.78 is 0. The standard InChI is InChI=1S/C15H22N2S2/c1-5-13-14(7-16-6-10(2)3)19-15(17-13)12-9-18-8-11(12)4/h8-10,16H,5-7H2,1-4H3. The topological polar surface area (TPSA) is 24.9 Å². The summed E-state index contributed by atoms with van der Waals surface area (Å²) in [5.74, 6) is 0.691. The van der Waals surface area contributed by atoms with E-state index in [0.29, 0.717) is 5.92 Å². The van der Waals surface area contributed by atoms with Gasteiger partial charge in [0, 0.05) is 22.4 Å². The van der Waals surface area contributed by atoms with Crippen LogP contribution in [-0.2, 0) is 13.0 Å². The monoisotopic (exact) mass is 294 g/mol. The van der Waals surface area contributed by atoms with Gasteiger partial charge >= 0.3 is 0 Å². The molecule has 0 saturated heterocycles. The van der Waals surface area contributed by atoms with Crippen molar-refractivity contribution in [3.63, 3.8) is 0 Å². The summed E-state index contributed by atoms with van der Waals surface area (Å²) in [6.45, 7) is 10.8. The minimum atomic E-state index is 0.691. The Kier molecular flexibility index (Phi) is 5.13. The van der Waals surface area contributed by atoms with Crippen LogP contribution >= 0.6 is 22.7 Å². The van der Waals surface area contributed by atoms with E-state index in [4.69, 9.17) is 4.98 Å². The van der Waals surface area contributed by atoms with Crippen molar-refractivity contribution in [3.05, 3.63) is 26.9 Å². The van der Waals surface area contributed by atoms with Gasteiger partial charge in [-0.3, -0.25) is 0 Å². The van der Waals surface area contributed by atoms with E-state index in [1.165, 1.54) is 26.7 Å². The van der Waals surface area contributed by atoms with Crippen molar-refractivity contribution in [2.24, 2.45) is 5.92 Å². The molecule has 2 nitrogen and oxygen atoms in total. The van der Waals surface area contributed by atoms with Gasteiger partial charge in [-0.15, -0.1) is 11.3 Å². The Hall–Kier alpha value is -0.710. The maximum Gasteiger partial charge on any atom is 0.125 e. The van der Waals surface area contributed by atoms with Crippen LogP contribution < -0.4 is 5.32 Å². The van der Waals surface area contributed by atoms with Gasteiger partial charge in [0.1, 0.15) is 5.01 Å². The third-order valence-electron chi connectivity index (χ3n) is 3.04. The van der Waals surface area contributed by atoms with Crippen molar-refractivity contribution < 1.29 is 0 Å². The zero-order valence-electron chi connectivity index (χ0n) is 12.1. The summed E-state index contributed by atoms with van der Waals surface area (Å²) in [5, 5.41) is 9.10. The lowest BCUT2D eigenvalue weighted by Crippen LogP contribution is -2.18. The minimum absolute atomic E-state index is 0.691. The molecule has 0 bridgehead atoms. The van der Waals surface area contributed by atoms with Crippen LogP contribution in [0.5, 0.6) is 0 Å². The fourth-order valence-corrected chi connectivity index (χ4v) is 4.08. The Balaban J connectivity index is 2.16. The van der Waals surface area contributed by atoms with Gasteiger partial charge in [0.15, 0.2) is 0 Å². The quantitative estimate of drug-likeness (QED) is 0.849. The molecule has 2 aromatic heterocycles. The number of nitrogens with one attached hydrogen (secondary N) is 1. The Labute approximate surface area is 123 Å². The molecule has 0 saturated carbocycles. The van der Waals surface area contributed by atoms with Crippen LogP contribution in [0.1, 0.15) is 36.9 Å². The zero-order chi connectivity index (χ0) is 13.8. The summed E-state index contributed by atoms with van der Waals surface area (Å²) >= 11 is 3.60. The van der Waals surface area contributed by atoms with Gasteiger partial charge in [0.05, 0.1) is 5.69 Å². The molecule has 0 amide bonds. The van der Waals surface area contributed by atoms with Gasteiger partial charge in [0.25, 0.3) is 0 Å². The fourth-order valence-electron chi connectivity index (χ4n) is 1.97. The maximum atomic E-state index is 4.81. The van der Waals surface area contributed by atoms with Gasteiger partial charge < -0.3 is 5.32 Å². The first-order valence-electron chi connectivity index (χ1n) is 6.84. The van der Waals surface area contributed by atoms with Gasteiger partial charge in [-0.05, 0) is 36.8 Å². The van der Waals surface area contributed by atoms with Crippen LogP contribution in [0.25, 0.3) is 10.6 Å². The smallest absolute Gasteiger partial charge is 0.125 e. The number of aromatic nitrogens is 1. The van der Waals surface area contributed by atoms with Crippen molar-refractivity contribution in [2.45, 2.75) is 40.7 Å². The maximum absolute atomic E-state index is 4.81. The highest BCUT2D eigenvalue weighted by Crippen LogP contribution is 2.32. The van der Waals surface area contributed by atoms with Gasteiger partial charge in [0.2, 0.25) is 0 Å². The van der Waals surface area contributed by atoms with Gasteiger partial charge in [-0.1, -0.05) is 20.8 Å². The molecular formula is C15H22N2S2. The Morgan fingerprint density at radius 1 is 1.32 bits per heavy atom. The SMILES string of the molecule is CCc1nc(-c2cscc2C)sc1CNCC(C)C. The molecule has 0 aliphatic rings. The Morgan fingerprint density at radius 3 is 2.68 bits per heavy atom. The summed E-state index contributed by atoms with van der Waals surface area (Å²) in [6, 6.07) is 0. The number of aryl methyl sites for hydroxylation is 2. The molecule has 0 aromatic carbocycles. The summed E-state index contributed by atoms with van der Waals surface area (Å²) in [6.07, 6.45) is 1.01. The molecule has 104 valence electrons. The second-order valence-corrected chi connectivity index (χ2v) is 7.06. The third-order valence-corrected chi connectivity index (χ3v) is 5.03. The average Bonchev–Trinajstić information content (AvgIpc) is 2.94. The van der Waals surface area contributed by atoms with E-state index in [0.717, 1.165) is 19.5 Å². The van der Waals surface area contributed by atoms with E-state index in [1.54, 1.807) is 11.3 Å². The molecule has 0 fully saturated rings. The van der Waals surface area contributed by atoms with E-state index in [2.05, 4.69) is 43.8 Å². The second-order valence-electron chi connectivity index (χ2n) is 5.24. The molecule has 0 aliphatic carbocycles. The molecule has 2 aromatic rings. The van der Waals surface area contributed by atoms with Gasteiger partial charge in [-0.25, -0.2) is 4.98 Å². The highest BCUT2D eigenvalue weighted by molar-refractivity contribution is 7.15. The highest BCUT2D eigenvalue weighted by Gasteiger charge is 2.13. The predicted octanol–water partition coefficient (Wildman–Crippen LogP) is 4.49. The molecule has 0 radical (unpaired) electrons. The fraction of sp³-hybridized carbons (Fsp3) is 0.533. The first-order chi connectivity index (χ1) is 9.11. The number of hydrogen-bond acceptors (Lipinski definition) is 4. The van der Waals surface area contributed by atoms with Crippen molar-refractivity contribution in [2.75, 3.05) is 6.54 Å². The van der Waals surface area contributed by atoms with Crippen molar-refractivity contribution in [1.29, 1.82) is 0 Å². The number of rotatable bonds is 6. The number of nitrogens with zero attached hydrogens (tertiary/aromatic N) is 1. The normalized spacial score (nSPS) is 11.4. The Bertz CT molecular complexity index is 526. The highest BCUT2D eigenvalue weighted by atomic mass is 32.1. The van der Waals surface area contributed by atoms with Crippen LogP contribution in [-0.4, -0.2) is 11.5 Å². The first kappa shape index (κ1) is 14.7. The molecule has 0 aliphatic heterocycles. The van der Waals surface area contributed by atoms with E-state index in [1.807, 2.05) is 11.3 Å². The molecule has 0 unspecified atom stereocenters. The number of thiophene rings is 1. The summed E-state index contributed by atoms with van der Waals surface area (Å²) in [4.78, 5) is 6.21. The lowest BCUT2D eigenvalue weighted by molar-refractivity contribution is 0.553. The second kappa shape index (κ2) is 6.64. The number of hydrogen-bond donors (Lipinski definition) is 1. The van der Waals surface area contributed by atoms with E-state index in [-0.39, 0.29) is 0 Å². The lowest BCUT2D eigenvalue weighted by Gasteiger charge is -2.06. The van der Waals surface area contributed by atoms with Crippen molar-refractivity contribution in [3.8, 4) is 10.6 Å². The van der Waals surface area contributed by atoms with Crippen LogP contribution in [0.3, 0.4) is 0 Å². The third kappa shape index (κ3) is 3.65. The molecule has 2 heterocycles. The molecule has 0 atom stereocenters. The summed E-state index contributed by atoms with van der Waals surface area (Å²) in [5.41, 5.74) is 3.89. The van der Waals surface area contributed by atoms with E-state index in [9.17, 15) is 0 Å². The number of thiazole rings is 1. The van der Waals surface area contributed by atoms with Crippen LogP contribution in [0, 0.1) is 12.8 Å². The first-order valence-corrected chi connectivity index (χ1v) is 8.60. The lowest BCUT2D eigenvalue weighted by atomic mass is 10.2. The molecule has 0 spiro atoms. The molecule has 1 N–H and O–H groups in total. The predicted molar refractivity (Wildman–Crippen MR) is 86.1 cm³/mol. The molecule has 4 heteroatoms. The van der Waals surface area contributed by atoms with Crippen LogP contribution in [0.15, 0.2) is 10.8 Å². The minimum Gasteiger partial charge on any atom is -0.312 e. The van der Waals surface area contributed by atoms with Crippen molar-refractivity contribution in [1.82, 2.24) is 10.3 Å². The van der Waals surface area contributed by atoms with E-state index >= 15 is 0 Å². The van der Waals surface area contributed by atoms with E-state index < -0.39 is 0 Å². The van der Waals surface area contributed by atoms with Crippen LogP contribution in [0.2, 0.25) is 0 Å². The van der Waals surface area contributed by atoms with Gasteiger partial charge in [-0.2, -0.15) is 11.3 Å². The largest absolute Gasteiger partial charge is 0.312 e. The van der Waals surface area contributed by atoms with Crippen LogP contribution in [0.4, 0.5) is 0 Å². The Morgan fingerprint density at radius 2 is 2.11 bits per heavy atom. The summed E-state index contributed by atoms with van der Waals surface area (Å²) in [7, 11) is 0.